The van der Waals surface area contributed by atoms with E-state index in [9.17, 15) is 8.42 Å². The molecule has 16 heavy (non-hydrogen) atoms. The molecule has 0 aliphatic rings. The topological polar surface area (TPSA) is 50.3 Å². The van der Waals surface area contributed by atoms with Crippen LogP contribution in [0.2, 0.25) is 5.02 Å². The minimum Gasteiger partial charge on any atom is -0.263 e. The zero-order valence-electron chi connectivity index (χ0n) is 9.35. The Kier molecular flexibility index (Phi) is 4.70. The molecule has 0 aliphatic carbocycles. The molecule has 0 bridgehead atoms. The van der Waals surface area contributed by atoms with Gasteiger partial charge in [0.2, 0.25) is 10.0 Å². The van der Waals surface area contributed by atoms with E-state index < -0.39 is 10.0 Å². The summed E-state index contributed by atoms with van der Waals surface area (Å²) in [5.74, 6) is 0. The number of rotatable bonds is 5. The smallest absolute Gasteiger partial charge is 0.246 e. The van der Waals surface area contributed by atoms with Crippen molar-refractivity contribution in [1.82, 2.24) is 9.29 Å². The van der Waals surface area contributed by atoms with Gasteiger partial charge < -0.3 is 0 Å². The highest BCUT2D eigenvalue weighted by atomic mass is 35.5. The molecule has 0 N–H and O–H groups in total. The second-order valence-electron chi connectivity index (χ2n) is 3.30. The summed E-state index contributed by atoms with van der Waals surface area (Å²) in [5.41, 5.74) is 0. The lowest BCUT2D eigenvalue weighted by Gasteiger charge is -2.19. The first-order valence-corrected chi connectivity index (χ1v) is 6.95. The molecule has 0 amide bonds. The van der Waals surface area contributed by atoms with E-state index in [1.54, 1.807) is 6.92 Å². The molecule has 0 aliphatic heterocycles. The maximum atomic E-state index is 12.2. The first-order valence-electron chi connectivity index (χ1n) is 5.13. The third-order valence-corrected chi connectivity index (χ3v) is 4.62. The van der Waals surface area contributed by atoms with Crippen LogP contribution in [-0.4, -0.2) is 30.8 Å². The van der Waals surface area contributed by atoms with Gasteiger partial charge in [0.1, 0.15) is 4.90 Å². The Balaban J connectivity index is 3.15. The summed E-state index contributed by atoms with van der Waals surface area (Å²) in [6.07, 6.45) is 3.53. The average Bonchev–Trinajstić information content (AvgIpc) is 2.26. The van der Waals surface area contributed by atoms with Crippen molar-refractivity contribution in [3.05, 3.63) is 23.5 Å². The Morgan fingerprint density at radius 1 is 1.44 bits per heavy atom. The van der Waals surface area contributed by atoms with Gasteiger partial charge in [0.05, 0.1) is 5.02 Å². The SMILES string of the molecule is CCCN(CC)S(=O)(=O)c1cnccc1Cl. The van der Waals surface area contributed by atoms with Crippen molar-refractivity contribution in [2.24, 2.45) is 0 Å². The largest absolute Gasteiger partial charge is 0.263 e. The summed E-state index contributed by atoms with van der Waals surface area (Å²) in [5, 5.41) is 0.213. The van der Waals surface area contributed by atoms with Crippen LogP contribution in [0.4, 0.5) is 0 Å². The van der Waals surface area contributed by atoms with Gasteiger partial charge in [-0.2, -0.15) is 4.31 Å². The van der Waals surface area contributed by atoms with E-state index in [0.717, 1.165) is 6.42 Å². The lowest BCUT2D eigenvalue weighted by molar-refractivity contribution is 0.427. The van der Waals surface area contributed by atoms with Gasteiger partial charge in [-0.05, 0) is 12.5 Å². The van der Waals surface area contributed by atoms with Crippen molar-refractivity contribution in [2.45, 2.75) is 25.2 Å². The van der Waals surface area contributed by atoms with Crippen LogP contribution in [0, 0.1) is 0 Å². The number of pyridine rings is 1. The van der Waals surface area contributed by atoms with E-state index in [2.05, 4.69) is 4.98 Å². The lowest BCUT2D eigenvalue weighted by Crippen LogP contribution is -2.31. The summed E-state index contributed by atoms with van der Waals surface area (Å²) < 4.78 is 25.8. The van der Waals surface area contributed by atoms with Gasteiger partial charge in [-0.3, -0.25) is 4.98 Å². The fourth-order valence-corrected chi connectivity index (χ4v) is 3.34. The van der Waals surface area contributed by atoms with E-state index in [1.165, 1.54) is 22.8 Å². The second kappa shape index (κ2) is 5.61. The molecule has 0 atom stereocenters. The van der Waals surface area contributed by atoms with Crippen LogP contribution < -0.4 is 0 Å². The van der Waals surface area contributed by atoms with Crippen LogP contribution in [0.5, 0.6) is 0 Å². The third kappa shape index (κ3) is 2.72. The molecule has 0 aromatic carbocycles. The summed E-state index contributed by atoms with van der Waals surface area (Å²) >= 11 is 5.86. The van der Waals surface area contributed by atoms with Crippen molar-refractivity contribution in [3.8, 4) is 0 Å². The first kappa shape index (κ1) is 13.4. The summed E-state index contributed by atoms with van der Waals surface area (Å²) in [4.78, 5) is 3.87. The van der Waals surface area contributed by atoms with Gasteiger partial charge in [0.15, 0.2) is 0 Å². The molecule has 0 spiro atoms. The maximum Gasteiger partial charge on any atom is 0.246 e. The molecule has 1 rings (SSSR count). The fourth-order valence-electron chi connectivity index (χ4n) is 1.39. The van der Waals surface area contributed by atoms with Crippen LogP contribution in [0.15, 0.2) is 23.4 Å². The Hall–Kier alpha value is -0.650. The number of nitrogens with zero attached hydrogens (tertiary/aromatic N) is 2. The number of hydrogen-bond acceptors (Lipinski definition) is 3. The molecule has 0 fully saturated rings. The molecular weight excluding hydrogens is 248 g/mol. The Bertz CT molecular complexity index is 448. The van der Waals surface area contributed by atoms with Crippen LogP contribution in [0.3, 0.4) is 0 Å². The molecule has 4 nitrogen and oxygen atoms in total. The summed E-state index contributed by atoms with van der Waals surface area (Å²) in [7, 11) is -3.51. The molecule has 90 valence electrons. The number of hydrogen-bond donors (Lipinski definition) is 0. The minimum absolute atomic E-state index is 0.0759. The predicted octanol–water partition coefficient (Wildman–Crippen LogP) is 2.16. The molecule has 1 aromatic rings. The van der Waals surface area contributed by atoms with Gasteiger partial charge in [-0.25, -0.2) is 8.42 Å². The maximum absolute atomic E-state index is 12.2. The molecule has 0 radical (unpaired) electrons. The third-order valence-electron chi connectivity index (χ3n) is 2.18. The van der Waals surface area contributed by atoms with Crippen LogP contribution in [0.25, 0.3) is 0 Å². The number of sulfonamides is 1. The van der Waals surface area contributed by atoms with E-state index in [4.69, 9.17) is 11.6 Å². The Morgan fingerprint density at radius 2 is 2.12 bits per heavy atom. The Morgan fingerprint density at radius 3 is 2.62 bits per heavy atom. The molecule has 0 unspecified atom stereocenters. The summed E-state index contributed by atoms with van der Waals surface area (Å²) in [6.45, 7) is 4.66. The van der Waals surface area contributed by atoms with Crippen molar-refractivity contribution >= 4 is 21.6 Å². The average molecular weight is 263 g/mol. The van der Waals surface area contributed by atoms with E-state index in [0.29, 0.717) is 13.1 Å². The standard InChI is InChI=1S/C10H15ClN2O2S/c1-3-7-13(4-2)16(14,15)10-8-12-6-5-9(10)11/h5-6,8H,3-4,7H2,1-2H3. The highest BCUT2D eigenvalue weighted by Gasteiger charge is 2.24. The monoisotopic (exact) mass is 262 g/mol. The van der Waals surface area contributed by atoms with Gasteiger partial charge in [0, 0.05) is 25.5 Å². The quantitative estimate of drug-likeness (QED) is 0.817. The van der Waals surface area contributed by atoms with Crippen molar-refractivity contribution in [1.29, 1.82) is 0 Å². The molecule has 1 heterocycles. The van der Waals surface area contributed by atoms with Gasteiger partial charge in [0.25, 0.3) is 0 Å². The van der Waals surface area contributed by atoms with Crippen LogP contribution in [0.1, 0.15) is 20.3 Å². The normalized spacial score (nSPS) is 12.0. The summed E-state index contributed by atoms with van der Waals surface area (Å²) in [6, 6.07) is 1.48. The highest BCUT2D eigenvalue weighted by molar-refractivity contribution is 7.89. The van der Waals surface area contributed by atoms with Crippen molar-refractivity contribution in [2.75, 3.05) is 13.1 Å². The van der Waals surface area contributed by atoms with E-state index in [-0.39, 0.29) is 9.92 Å². The molecule has 6 heteroatoms. The van der Waals surface area contributed by atoms with Gasteiger partial charge in [-0.1, -0.05) is 25.4 Å². The number of aromatic nitrogens is 1. The zero-order chi connectivity index (χ0) is 12.2. The predicted molar refractivity (Wildman–Crippen MR) is 64.0 cm³/mol. The second-order valence-corrected chi connectivity index (χ2v) is 5.62. The van der Waals surface area contributed by atoms with Crippen LogP contribution >= 0.6 is 11.6 Å². The van der Waals surface area contributed by atoms with Crippen molar-refractivity contribution < 1.29 is 8.42 Å². The first-order chi connectivity index (χ1) is 7.54. The van der Waals surface area contributed by atoms with Crippen LogP contribution in [-0.2, 0) is 10.0 Å². The highest BCUT2D eigenvalue weighted by Crippen LogP contribution is 2.23. The lowest BCUT2D eigenvalue weighted by atomic mass is 10.5. The van der Waals surface area contributed by atoms with Gasteiger partial charge in [-0.15, -0.1) is 0 Å². The van der Waals surface area contributed by atoms with E-state index >= 15 is 0 Å². The minimum atomic E-state index is -3.51. The molecule has 1 aromatic heterocycles. The molecule has 0 saturated carbocycles. The Labute approximate surface area is 101 Å². The van der Waals surface area contributed by atoms with Crippen molar-refractivity contribution in [3.63, 3.8) is 0 Å². The fraction of sp³-hybridized carbons (Fsp3) is 0.500. The van der Waals surface area contributed by atoms with Gasteiger partial charge >= 0.3 is 0 Å². The zero-order valence-corrected chi connectivity index (χ0v) is 10.9. The molecular formula is C10H15ClN2O2S. The van der Waals surface area contributed by atoms with E-state index in [1.807, 2.05) is 6.92 Å². The number of halogens is 1. The molecule has 0 saturated heterocycles.